The first-order valence-electron chi connectivity index (χ1n) is 11.0. The molecule has 1 aliphatic heterocycles. The normalized spacial score (nSPS) is 20.2. The number of nitrogens with one attached hydrogen (secondary N) is 2. The van der Waals surface area contributed by atoms with Gasteiger partial charge >= 0.3 is 0 Å². The number of H-pyrrole nitrogens is 1. The Balaban J connectivity index is 1.48. The number of rotatable bonds is 8. The van der Waals surface area contributed by atoms with Gasteiger partial charge in [-0.1, -0.05) is 36.4 Å². The van der Waals surface area contributed by atoms with Crippen molar-refractivity contribution in [2.45, 2.75) is 38.5 Å². The van der Waals surface area contributed by atoms with Gasteiger partial charge in [0.2, 0.25) is 5.91 Å². The average molecular weight is 422 g/mol. The Hall–Kier alpha value is -2.83. The van der Waals surface area contributed by atoms with E-state index in [0.717, 1.165) is 40.6 Å². The van der Waals surface area contributed by atoms with Gasteiger partial charge in [0.05, 0.1) is 12.0 Å². The molecule has 4 rings (SSSR count). The average Bonchev–Trinajstić information content (AvgIpc) is 3.20. The summed E-state index contributed by atoms with van der Waals surface area (Å²) in [5.74, 6) is 0.479. The summed E-state index contributed by atoms with van der Waals surface area (Å²) in [5, 5.41) is 14.4. The highest BCUT2D eigenvalue weighted by Crippen LogP contribution is 2.30. The predicted octanol–water partition coefficient (Wildman–Crippen LogP) is 3.11. The summed E-state index contributed by atoms with van der Waals surface area (Å²) in [6.07, 6.45) is 2.92. The van der Waals surface area contributed by atoms with Crippen LogP contribution in [0.2, 0.25) is 0 Å². The molecule has 3 aromatic rings. The molecule has 1 fully saturated rings. The lowest BCUT2D eigenvalue weighted by molar-refractivity contribution is -0.144. The van der Waals surface area contributed by atoms with Gasteiger partial charge in [0.1, 0.15) is 12.4 Å². The van der Waals surface area contributed by atoms with E-state index >= 15 is 0 Å². The molecular formula is C25H31N3O3. The topological polar surface area (TPSA) is 77.6 Å². The molecule has 164 valence electrons. The molecule has 2 unspecified atom stereocenters. The van der Waals surface area contributed by atoms with Crippen molar-refractivity contribution in [1.29, 1.82) is 0 Å². The molecule has 0 spiro atoms. The highest BCUT2D eigenvalue weighted by atomic mass is 16.5. The van der Waals surface area contributed by atoms with E-state index in [0.29, 0.717) is 19.7 Å². The van der Waals surface area contributed by atoms with Crippen LogP contribution in [0, 0.1) is 5.92 Å². The van der Waals surface area contributed by atoms with Crippen LogP contribution in [0.25, 0.3) is 10.9 Å². The van der Waals surface area contributed by atoms with Gasteiger partial charge in [0.15, 0.2) is 0 Å². The molecule has 1 aliphatic rings. The smallest absolute Gasteiger partial charge is 0.229 e. The number of ether oxygens (including phenoxy) is 1. The molecule has 0 bridgehead atoms. The van der Waals surface area contributed by atoms with Crippen LogP contribution in [0.4, 0.5) is 0 Å². The summed E-state index contributed by atoms with van der Waals surface area (Å²) < 4.78 is 6.15. The number of nitrogens with zero attached hydrogens (tertiary/aromatic N) is 1. The lowest BCUT2D eigenvalue weighted by atomic mass is 9.87. The van der Waals surface area contributed by atoms with Crippen molar-refractivity contribution < 1.29 is 14.6 Å². The van der Waals surface area contributed by atoms with Crippen LogP contribution in [-0.2, 0) is 17.8 Å². The van der Waals surface area contributed by atoms with Crippen molar-refractivity contribution in [3.8, 4) is 5.75 Å². The second-order valence-electron chi connectivity index (χ2n) is 8.29. The zero-order chi connectivity index (χ0) is 21.8. The molecule has 0 saturated carbocycles. The third kappa shape index (κ3) is 4.60. The van der Waals surface area contributed by atoms with Crippen LogP contribution in [0.3, 0.4) is 0 Å². The van der Waals surface area contributed by atoms with Crippen LogP contribution >= 0.6 is 0 Å². The van der Waals surface area contributed by atoms with Crippen molar-refractivity contribution in [3.05, 3.63) is 65.9 Å². The standard InChI is InChI=1S/C25H31N3O3/c1-17(29)23-20(26-2)12-14-28(25(23)30)13-11-19-15-27-21-9-6-10-22(24(19)21)31-16-18-7-4-3-5-8-18/h3-10,15,17,20,23,26-27,29H,11-14,16H2,1-2H3/t17?,20-,23?/m0/s1. The van der Waals surface area contributed by atoms with Crippen LogP contribution < -0.4 is 10.1 Å². The molecule has 31 heavy (non-hydrogen) atoms. The number of aromatic amines is 1. The lowest BCUT2D eigenvalue weighted by Crippen LogP contribution is -2.55. The molecule has 0 radical (unpaired) electrons. The quantitative estimate of drug-likeness (QED) is 0.522. The third-order valence-corrected chi connectivity index (χ3v) is 6.27. The Morgan fingerprint density at radius 3 is 2.77 bits per heavy atom. The number of amides is 1. The number of aliphatic hydroxyl groups excluding tert-OH is 1. The van der Waals surface area contributed by atoms with Crippen molar-refractivity contribution in [1.82, 2.24) is 15.2 Å². The second kappa shape index (κ2) is 9.54. The largest absolute Gasteiger partial charge is 0.488 e. The molecule has 1 amide bonds. The maximum Gasteiger partial charge on any atom is 0.229 e. The van der Waals surface area contributed by atoms with Gasteiger partial charge in [-0.2, -0.15) is 0 Å². The fraction of sp³-hybridized carbons (Fsp3) is 0.400. The number of benzene rings is 2. The molecule has 1 aromatic heterocycles. The summed E-state index contributed by atoms with van der Waals surface area (Å²) in [6, 6.07) is 16.2. The fourth-order valence-electron chi connectivity index (χ4n) is 4.58. The molecule has 2 aromatic carbocycles. The van der Waals surface area contributed by atoms with E-state index in [1.807, 2.05) is 54.5 Å². The zero-order valence-electron chi connectivity index (χ0n) is 18.2. The van der Waals surface area contributed by atoms with Crippen LogP contribution in [0.15, 0.2) is 54.7 Å². The van der Waals surface area contributed by atoms with Gasteiger partial charge in [-0.3, -0.25) is 4.79 Å². The maximum absolute atomic E-state index is 13.0. The molecular weight excluding hydrogens is 390 g/mol. The highest BCUT2D eigenvalue weighted by molar-refractivity contribution is 5.89. The van der Waals surface area contributed by atoms with Gasteiger partial charge in [0, 0.05) is 36.2 Å². The van der Waals surface area contributed by atoms with Crippen molar-refractivity contribution in [2.75, 3.05) is 20.1 Å². The summed E-state index contributed by atoms with van der Waals surface area (Å²) in [6.45, 7) is 3.54. The van der Waals surface area contributed by atoms with E-state index in [-0.39, 0.29) is 11.9 Å². The fourth-order valence-corrected chi connectivity index (χ4v) is 4.58. The van der Waals surface area contributed by atoms with Crippen LogP contribution in [0.1, 0.15) is 24.5 Å². The summed E-state index contributed by atoms with van der Waals surface area (Å²) in [5.41, 5.74) is 3.29. The van der Waals surface area contributed by atoms with Crippen molar-refractivity contribution >= 4 is 16.8 Å². The van der Waals surface area contributed by atoms with E-state index in [1.54, 1.807) is 6.92 Å². The Morgan fingerprint density at radius 2 is 2.03 bits per heavy atom. The van der Waals surface area contributed by atoms with Gasteiger partial charge in [0.25, 0.3) is 0 Å². The van der Waals surface area contributed by atoms with E-state index in [9.17, 15) is 9.90 Å². The first-order valence-corrected chi connectivity index (χ1v) is 11.0. The number of piperidine rings is 1. The van der Waals surface area contributed by atoms with Crippen LogP contribution in [0.5, 0.6) is 5.75 Å². The number of aromatic nitrogens is 1. The van der Waals surface area contributed by atoms with Crippen molar-refractivity contribution in [3.63, 3.8) is 0 Å². The van der Waals surface area contributed by atoms with Gasteiger partial charge in [-0.25, -0.2) is 0 Å². The second-order valence-corrected chi connectivity index (χ2v) is 8.29. The molecule has 1 saturated heterocycles. The van der Waals surface area contributed by atoms with Gasteiger partial charge in [-0.05, 0) is 50.1 Å². The number of hydrogen-bond donors (Lipinski definition) is 3. The van der Waals surface area contributed by atoms with E-state index in [1.165, 1.54) is 0 Å². The molecule has 6 heteroatoms. The molecule has 3 N–H and O–H groups in total. The first-order chi connectivity index (χ1) is 15.1. The van der Waals surface area contributed by atoms with E-state index in [2.05, 4.69) is 22.4 Å². The number of carbonyl (C=O) groups is 1. The van der Waals surface area contributed by atoms with Gasteiger partial charge < -0.3 is 25.0 Å². The third-order valence-electron chi connectivity index (χ3n) is 6.27. The predicted molar refractivity (Wildman–Crippen MR) is 122 cm³/mol. The number of likely N-dealkylation sites (tertiary alicyclic amines) is 1. The number of fused-ring (bicyclic) bond motifs is 1. The zero-order valence-corrected chi connectivity index (χ0v) is 18.2. The SMILES string of the molecule is CN[C@H]1CCN(CCc2c[nH]c3cccc(OCc4ccccc4)c23)C(=O)C1C(C)O. The molecule has 2 heterocycles. The lowest BCUT2D eigenvalue weighted by Gasteiger charge is -2.39. The van der Waals surface area contributed by atoms with E-state index < -0.39 is 12.0 Å². The Kier molecular flexibility index (Phi) is 6.59. The first kappa shape index (κ1) is 21.4. The summed E-state index contributed by atoms with van der Waals surface area (Å²) >= 11 is 0. The minimum Gasteiger partial charge on any atom is -0.488 e. The van der Waals surface area contributed by atoms with Crippen LogP contribution in [-0.4, -0.2) is 53.2 Å². The molecule has 3 atom stereocenters. The monoisotopic (exact) mass is 421 g/mol. The maximum atomic E-state index is 13.0. The number of hydrogen-bond acceptors (Lipinski definition) is 4. The van der Waals surface area contributed by atoms with Gasteiger partial charge in [-0.15, -0.1) is 0 Å². The van der Waals surface area contributed by atoms with Crippen molar-refractivity contribution in [2.24, 2.45) is 5.92 Å². The minimum absolute atomic E-state index is 0.0230. The Morgan fingerprint density at radius 1 is 1.23 bits per heavy atom. The Labute approximate surface area is 183 Å². The summed E-state index contributed by atoms with van der Waals surface area (Å²) in [7, 11) is 1.85. The summed E-state index contributed by atoms with van der Waals surface area (Å²) in [4.78, 5) is 18.2. The number of carbonyl (C=O) groups excluding carboxylic acids is 1. The minimum atomic E-state index is -0.668. The molecule has 0 aliphatic carbocycles. The van der Waals surface area contributed by atoms with E-state index in [4.69, 9.17) is 4.74 Å². The highest BCUT2D eigenvalue weighted by Gasteiger charge is 2.38. The molecule has 6 nitrogen and oxygen atoms in total. The Bertz CT molecular complexity index is 1020. The number of aliphatic hydroxyl groups is 1.